The lowest BCUT2D eigenvalue weighted by atomic mass is 10.1. The Labute approximate surface area is 92.3 Å². The summed E-state index contributed by atoms with van der Waals surface area (Å²) in [5.74, 6) is 0. The molecule has 1 aromatic carbocycles. The summed E-state index contributed by atoms with van der Waals surface area (Å²) in [4.78, 5) is 12.0. The summed E-state index contributed by atoms with van der Waals surface area (Å²) in [6.07, 6.45) is 0. The number of fused-ring (bicyclic) bond motifs is 1. The number of nitrogens with zero attached hydrogens (tertiary/aromatic N) is 1. The average molecular weight is 222 g/mol. The summed E-state index contributed by atoms with van der Waals surface area (Å²) in [5, 5.41) is 0.718. The Hall–Kier alpha value is -1.29. The third-order valence-electron chi connectivity index (χ3n) is 2.25. The van der Waals surface area contributed by atoms with Gasteiger partial charge in [0.25, 0.3) is 5.56 Å². The zero-order chi connectivity index (χ0) is 11.2. The second-order valence-corrected chi connectivity index (χ2v) is 5.54. The minimum Gasteiger partial charge on any atom is -0.398 e. The predicted molar refractivity (Wildman–Crippen MR) is 65.5 cm³/mol. The van der Waals surface area contributed by atoms with E-state index in [1.54, 1.807) is 3.96 Å². The molecule has 0 bridgehead atoms. The van der Waals surface area contributed by atoms with Crippen molar-refractivity contribution in [2.75, 3.05) is 5.73 Å². The fraction of sp³-hybridized carbons (Fsp3) is 0.364. The van der Waals surface area contributed by atoms with Crippen molar-refractivity contribution in [1.29, 1.82) is 0 Å². The molecule has 2 N–H and O–H groups in total. The van der Waals surface area contributed by atoms with Crippen LogP contribution in [-0.4, -0.2) is 3.96 Å². The molecule has 2 aromatic rings. The van der Waals surface area contributed by atoms with Gasteiger partial charge in [-0.1, -0.05) is 17.6 Å². The van der Waals surface area contributed by atoms with E-state index in [1.807, 2.05) is 39.0 Å². The lowest BCUT2D eigenvalue weighted by Crippen LogP contribution is -2.29. The first kappa shape index (κ1) is 10.2. The highest BCUT2D eigenvalue weighted by Crippen LogP contribution is 2.26. The van der Waals surface area contributed by atoms with Crippen molar-refractivity contribution >= 4 is 27.3 Å². The average Bonchev–Trinajstić information content (AvgIpc) is 2.45. The molecule has 0 atom stereocenters. The van der Waals surface area contributed by atoms with Gasteiger partial charge in [0.05, 0.1) is 21.3 Å². The molecule has 0 aliphatic rings. The number of hydrogen-bond donors (Lipinski definition) is 1. The summed E-state index contributed by atoms with van der Waals surface area (Å²) in [6.45, 7) is 6.04. The zero-order valence-electron chi connectivity index (χ0n) is 9.07. The van der Waals surface area contributed by atoms with E-state index in [1.165, 1.54) is 11.5 Å². The number of nitrogen functional groups attached to an aromatic ring is 1. The van der Waals surface area contributed by atoms with Crippen LogP contribution in [0, 0.1) is 0 Å². The topological polar surface area (TPSA) is 48.0 Å². The van der Waals surface area contributed by atoms with Gasteiger partial charge in [-0.2, -0.15) is 0 Å². The van der Waals surface area contributed by atoms with Gasteiger partial charge in [0.2, 0.25) is 0 Å². The normalized spacial score (nSPS) is 12.2. The van der Waals surface area contributed by atoms with Crippen LogP contribution >= 0.6 is 11.5 Å². The number of aromatic nitrogens is 1. The molecule has 0 amide bonds. The summed E-state index contributed by atoms with van der Waals surface area (Å²) in [6, 6.07) is 5.47. The highest BCUT2D eigenvalue weighted by atomic mass is 32.1. The summed E-state index contributed by atoms with van der Waals surface area (Å²) < 4.78 is 2.66. The van der Waals surface area contributed by atoms with Gasteiger partial charge >= 0.3 is 0 Å². The molecule has 0 fully saturated rings. The summed E-state index contributed by atoms with van der Waals surface area (Å²) >= 11 is 1.44. The maximum atomic E-state index is 12.0. The van der Waals surface area contributed by atoms with Crippen molar-refractivity contribution < 1.29 is 0 Å². The number of rotatable bonds is 0. The fourth-order valence-electron chi connectivity index (χ4n) is 1.51. The van der Waals surface area contributed by atoms with Crippen molar-refractivity contribution in [2.24, 2.45) is 0 Å². The Morgan fingerprint density at radius 1 is 1.33 bits per heavy atom. The Balaban J connectivity index is 2.87. The van der Waals surface area contributed by atoms with Crippen LogP contribution < -0.4 is 11.3 Å². The van der Waals surface area contributed by atoms with Gasteiger partial charge in [-0.25, -0.2) is 0 Å². The number of nitrogens with two attached hydrogens (primary N) is 1. The van der Waals surface area contributed by atoms with Gasteiger partial charge in [-0.05, 0) is 32.9 Å². The van der Waals surface area contributed by atoms with E-state index in [0.29, 0.717) is 5.69 Å². The van der Waals surface area contributed by atoms with Gasteiger partial charge in [0.1, 0.15) is 0 Å². The van der Waals surface area contributed by atoms with Crippen molar-refractivity contribution in [2.45, 2.75) is 26.3 Å². The highest BCUT2D eigenvalue weighted by molar-refractivity contribution is 7.14. The number of anilines is 1. The minimum atomic E-state index is -0.187. The van der Waals surface area contributed by atoms with E-state index in [9.17, 15) is 4.79 Å². The van der Waals surface area contributed by atoms with Crippen molar-refractivity contribution in [3.05, 3.63) is 28.6 Å². The van der Waals surface area contributed by atoms with Crippen LogP contribution in [0.5, 0.6) is 0 Å². The highest BCUT2D eigenvalue weighted by Gasteiger charge is 2.19. The molecule has 80 valence electrons. The molecule has 0 radical (unpaired) electrons. The second-order valence-electron chi connectivity index (χ2n) is 4.59. The lowest BCUT2D eigenvalue weighted by molar-refractivity contribution is 0.420. The molecule has 0 saturated heterocycles. The van der Waals surface area contributed by atoms with Crippen LogP contribution in [0.25, 0.3) is 10.1 Å². The van der Waals surface area contributed by atoms with E-state index in [2.05, 4.69) is 0 Å². The molecule has 0 saturated carbocycles. The second kappa shape index (κ2) is 3.10. The molecule has 1 heterocycles. The van der Waals surface area contributed by atoms with E-state index >= 15 is 0 Å². The molecule has 0 unspecified atom stereocenters. The van der Waals surface area contributed by atoms with Gasteiger partial charge in [-0.15, -0.1) is 0 Å². The third-order valence-corrected chi connectivity index (χ3v) is 3.79. The smallest absolute Gasteiger partial charge is 0.269 e. The molecule has 1 aromatic heterocycles. The van der Waals surface area contributed by atoms with Gasteiger partial charge in [-0.3, -0.25) is 8.75 Å². The largest absolute Gasteiger partial charge is 0.398 e. The molecule has 2 rings (SSSR count). The van der Waals surface area contributed by atoms with Crippen molar-refractivity contribution in [1.82, 2.24) is 3.96 Å². The molecule has 15 heavy (non-hydrogen) atoms. The Morgan fingerprint density at radius 3 is 2.53 bits per heavy atom. The van der Waals surface area contributed by atoms with Crippen LogP contribution in [0.15, 0.2) is 23.0 Å². The number of benzene rings is 1. The fourth-order valence-corrected chi connectivity index (χ4v) is 2.57. The van der Waals surface area contributed by atoms with Gasteiger partial charge in [0.15, 0.2) is 0 Å². The first-order valence-electron chi connectivity index (χ1n) is 4.82. The maximum Gasteiger partial charge on any atom is 0.269 e. The molecule has 0 aliphatic heterocycles. The van der Waals surface area contributed by atoms with E-state index in [4.69, 9.17) is 5.73 Å². The monoisotopic (exact) mass is 222 g/mol. The minimum absolute atomic E-state index is 0.0507. The number of hydrogen-bond acceptors (Lipinski definition) is 3. The first-order valence-corrected chi connectivity index (χ1v) is 5.59. The first-order chi connectivity index (χ1) is 6.91. The van der Waals surface area contributed by atoms with Crippen LogP contribution in [0.4, 0.5) is 5.69 Å². The van der Waals surface area contributed by atoms with Crippen LogP contribution in [0.3, 0.4) is 0 Å². The van der Waals surface area contributed by atoms with Crippen molar-refractivity contribution in [3.63, 3.8) is 0 Å². The quantitative estimate of drug-likeness (QED) is 0.696. The van der Waals surface area contributed by atoms with Gasteiger partial charge in [0, 0.05) is 0 Å². The van der Waals surface area contributed by atoms with Crippen LogP contribution in [0.2, 0.25) is 0 Å². The SMILES string of the molecule is CC(C)(C)n1sc2c(N)cccc2c1=O. The Bertz CT molecular complexity index is 560. The molecule has 4 heteroatoms. The van der Waals surface area contributed by atoms with Crippen LogP contribution in [0.1, 0.15) is 20.8 Å². The third kappa shape index (κ3) is 1.55. The summed E-state index contributed by atoms with van der Waals surface area (Å²) in [5.41, 5.74) is 6.38. The molecular formula is C11H14N2OS. The zero-order valence-corrected chi connectivity index (χ0v) is 9.89. The Kier molecular flexibility index (Phi) is 2.12. The maximum absolute atomic E-state index is 12.0. The van der Waals surface area contributed by atoms with Gasteiger partial charge < -0.3 is 5.73 Å². The predicted octanol–water partition coefficient (Wildman–Crippen LogP) is 2.40. The lowest BCUT2D eigenvalue weighted by Gasteiger charge is -2.17. The summed E-state index contributed by atoms with van der Waals surface area (Å²) in [7, 11) is 0. The standard InChI is InChI=1S/C11H14N2OS/c1-11(2,3)13-10(14)7-5-4-6-8(12)9(7)15-13/h4-6H,12H2,1-3H3. The van der Waals surface area contributed by atoms with E-state index in [-0.39, 0.29) is 11.1 Å². The Morgan fingerprint density at radius 2 is 2.00 bits per heavy atom. The molecule has 0 aliphatic carbocycles. The van der Waals surface area contributed by atoms with E-state index < -0.39 is 0 Å². The molecule has 3 nitrogen and oxygen atoms in total. The molecular weight excluding hydrogens is 208 g/mol. The van der Waals surface area contributed by atoms with Crippen LogP contribution in [-0.2, 0) is 5.54 Å². The molecule has 0 spiro atoms. The van der Waals surface area contributed by atoms with E-state index in [0.717, 1.165) is 10.1 Å². The van der Waals surface area contributed by atoms with Crippen molar-refractivity contribution in [3.8, 4) is 0 Å².